The second-order valence-electron chi connectivity index (χ2n) is 5.44. The van der Waals surface area contributed by atoms with E-state index in [9.17, 15) is 4.79 Å². The molecule has 20 heavy (non-hydrogen) atoms. The van der Waals surface area contributed by atoms with Gasteiger partial charge in [-0.3, -0.25) is 4.79 Å². The van der Waals surface area contributed by atoms with Gasteiger partial charge in [0.15, 0.2) is 0 Å². The van der Waals surface area contributed by atoms with Crippen molar-refractivity contribution in [3.8, 4) is 0 Å². The molecular formula is C15H23N3O2. The van der Waals surface area contributed by atoms with Crippen molar-refractivity contribution in [3.63, 3.8) is 0 Å². The van der Waals surface area contributed by atoms with Crippen LogP contribution >= 0.6 is 0 Å². The Hall–Kier alpha value is -1.62. The molecule has 2 N–H and O–H groups in total. The average molecular weight is 277 g/mol. The summed E-state index contributed by atoms with van der Waals surface area (Å²) in [5.74, 6) is 0.659. The highest BCUT2D eigenvalue weighted by atomic mass is 16.5. The van der Waals surface area contributed by atoms with E-state index in [1.54, 1.807) is 18.3 Å². The number of rotatable bonds is 6. The zero-order valence-corrected chi connectivity index (χ0v) is 12.2. The van der Waals surface area contributed by atoms with Crippen LogP contribution in [0.2, 0.25) is 0 Å². The molecule has 2 rings (SSSR count). The number of pyridine rings is 1. The Morgan fingerprint density at radius 2 is 2.40 bits per heavy atom. The number of anilines is 1. The number of carbonyl (C=O) groups excluding carboxylic acids is 1. The number of amides is 1. The summed E-state index contributed by atoms with van der Waals surface area (Å²) < 4.78 is 5.66. The molecule has 0 aromatic carbocycles. The molecule has 1 saturated heterocycles. The summed E-state index contributed by atoms with van der Waals surface area (Å²) >= 11 is 0. The number of nitrogens with one attached hydrogen (secondary N) is 2. The quantitative estimate of drug-likeness (QED) is 0.836. The average Bonchev–Trinajstić information content (AvgIpc) is 2.90. The molecule has 1 aromatic heterocycles. The van der Waals surface area contributed by atoms with Crippen molar-refractivity contribution >= 4 is 11.7 Å². The Kier molecular flexibility index (Phi) is 4.95. The number of hydrogen-bond donors (Lipinski definition) is 2. The van der Waals surface area contributed by atoms with Gasteiger partial charge in [-0.2, -0.15) is 0 Å². The number of nitrogens with zero attached hydrogens (tertiary/aromatic N) is 1. The summed E-state index contributed by atoms with van der Waals surface area (Å²) in [6.07, 6.45) is 4.73. The van der Waals surface area contributed by atoms with Gasteiger partial charge in [-0.05, 0) is 38.3 Å². The highest BCUT2D eigenvalue weighted by molar-refractivity contribution is 5.94. The summed E-state index contributed by atoms with van der Waals surface area (Å²) in [5.41, 5.74) is 0.409. The Morgan fingerprint density at radius 3 is 3.10 bits per heavy atom. The van der Waals surface area contributed by atoms with Gasteiger partial charge in [-0.15, -0.1) is 0 Å². The van der Waals surface area contributed by atoms with E-state index in [-0.39, 0.29) is 11.5 Å². The minimum Gasteiger partial charge on any atom is -0.373 e. The zero-order valence-electron chi connectivity index (χ0n) is 12.2. The van der Waals surface area contributed by atoms with E-state index in [0.717, 1.165) is 38.2 Å². The molecule has 0 spiro atoms. The van der Waals surface area contributed by atoms with Crippen LogP contribution < -0.4 is 10.6 Å². The fourth-order valence-electron chi connectivity index (χ4n) is 2.27. The Bertz CT molecular complexity index is 456. The van der Waals surface area contributed by atoms with Gasteiger partial charge in [0, 0.05) is 31.5 Å². The summed E-state index contributed by atoms with van der Waals surface area (Å²) in [6.45, 7) is 6.31. The molecule has 1 aromatic rings. The lowest BCUT2D eigenvalue weighted by molar-refractivity contribution is 0.0206. The third kappa shape index (κ3) is 3.93. The molecule has 1 amide bonds. The highest BCUT2D eigenvalue weighted by Crippen LogP contribution is 2.24. The van der Waals surface area contributed by atoms with Gasteiger partial charge in [-0.25, -0.2) is 4.98 Å². The van der Waals surface area contributed by atoms with Crippen LogP contribution in [0, 0.1) is 0 Å². The van der Waals surface area contributed by atoms with Gasteiger partial charge in [0.05, 0.1) is 5.60 Å². The molecule has 1 atom stereocenters. The minimum atomic E-state index is -0.216. The fraction of sp³-hybridized carbons (Fsp3) is 0.600. The standard InChI is InChI=1S/C15H23N3O2/c1-3-7-16-13-10-12(5-8-17-13)14(19)18-11-15(2)6-4-9-20-15/h5,8,10H,3-4,6-7,9,11H2,1-2H3,(H,16,17)(H,18,19). The molecule has 1 unspecified atom stereocenters. The SMILES string of the molecule is CCCNc1cc(C(=O)NCC2(C)CCCO2)ccn1. The first-order valence-electron chi connectivity index (χ1n) is 7.25. The van der Waals surface area contributed by atoms with Crippen LogP contribution in [-0.2, 0) is 4.74 Å². The molecule has 0 radical (unpaired) electrons. The summed E-state index contributed by atoms with van der Waals surface area (Å²) in [4.78, 5) is 16.3. The van der Waals surface area contributed by atoms with Gasteiger partial charge < -0.3 is 15.4 Å². The molecule has 1 aliphatic rings. The first-order chi connectivity index (χ1) is 9.63. The molecule has 2 heterocycles. The smallest absolute Gasteiger partial charge is 0.251 e. The van der Waals surface area contributed by atoms with Crippen LogP contribution in [-0.4, -0.2) is 36.2 Å². The maximum atomic E-state index is 12.1. The number of ether oxygens (including phenoxy) is 1. The molecule has 0 aliphatic carbocycles. The van der Waals surface area contributed by atoms with E-state index in [0.29, 0.717) is 12.1 Å². The predicted molar refractivity (Wildman–Crippen MR) is 78.9 cm³/mol. The highest BCUT2D eigenvalue weighted by Gasteiger charge is 2.30. The van der Waals surface area contributed by atoms with Crippen LogP contribution in [0.15, 0.2) is 18.3 Å². The second-order valence-corrected chi connectivity index (χ2v) is 5.44. The Morgan fingerprint density at radius 1 is 1.55 bits per heavy atom. The minimum absolute atomic E-state index is 0.0799. The molecule has 1 fully saturated rings. The third-order valence-electron chi connectivity index (χ3n) is 3.50. The first kappa shape index (κ1) is 14.8. The van der Waals surface area contributed by atoms with Gasteiger partial charge in [-0.1, -0.05) is 6.92 Å². The van der Waals surface area contributed by atoms with Crippen molar-refractivity contribution in [2.24, 2.45) is 0 Å². The van der Waals surface area contributed by atoms with E-state index >= 15 is 0 Å². The number of carbonyl (C=O) groups is 1. The van der Waals surface area contributed by atoms with E-state index in [1.165, 1.54) is 0 Å². The molecule has 0 saturated carbocycles. The van der Waals surface area contributed by atoms with Crippen molar-refractivity contribution in [3.05, 3.63) is 23.9 Å². The Balaban J connectivity index is 1.91. The monoisotopic (exact) mass is 277 g/mol. The molecular weight excluding hydrogens is 254 g/mol. The van der Waals surface area contributed by atoms with Crippen molar-refractivity contribution in [1.82, 2.24) is 10.3 Å². The summed E-state index contributed by atoms with van der Waals surface area (Å²) in [6, 6.07) is 3.51. The first-order valence-corrected chi connectivity index (χ1v) is 7.25. The molecule has 110 valence electrons. The maximum absolute atomic E-state index is 12.1. The van der Waals surface area contributed by atoms with Crippen molar-refractivity contribution < 1.29 is 9.53 Å². The van der Waals surface area contributed by atoms with Crippen LogP contribution in [0.1, 0.15) is 43.5 Å². The lowest BCUT2D eigenvalue weighted by Crippen LogP contribution is -2.40. The summed E-state index contributed by atoms with van der Waals surface area (Å²) in [5, 5.41) is 6.12. The van der Waals surface area contributed by atoms with Crippen LogP contribution in [0.3, 0.4) is 0 Å². The lowest BCUT2D eigenvalue weighted by atomic mass is 10.0. The predicted octanol–water partition coefficient (Wildman–Crippen LogP) is 2.20. The van der Waals surface area contributed by atoms with E-state index < -0.39 is 0 Å². The molecule has 1 aliphatic heterocycles. The van der Waals surface area contributed by atoms with Gasteiger partial charge >= 0.3 is 0 Å². The van der Waals surface area contributed by atoms with Crippen LogP contribution in [0.25, 0.3) is 0 Å². The third-order valence-corrected chi connectivity index (χ3v) is 3.50. The van der Waals surface area contributed by atoms with E-state index in [4.69, 9.17) is 4.74 Å². The van der Waals surface area contributed by atoms with E-state index in [1.807, 2.05) is 6.92 Å². The van der Waals surface area contributed by atoms with Gasteiger partial charge in [0.1, 0.15) is 5.82 Å². The van der Waals surface area contributed by atoms with Gasteiger partial charge in [0.25, 0.3) is 5.91 Å². The maximum Gasteiger partial charge on any atom is 0.251 e. The van der Waals surface area contributed by atoms with Crippen molar-refractivity contribution in [2.75, 3.05) is 25.0 Å². The Labute approximate surface area is 120 Å². The topological polar surface area (TPSA) is 63.2 Å². The van der Waals surface area contributed by atoms with Crippen LogP contribution in [0.5, 0.6) is 0 Å². The molecule has 5 nitrogen and oxygen atoms in total. The van der Waals surface area contributed by atoms with Crippen molar-refractivity contribution in [1.29, 1.82) is 0 Å². The zero-order chi connectivity index (χ0) is 14.4. The van der Waals surface area contributed by atoms with Crippen molar-refractivity contribution in [2.45, 2.75) is 38.7 Å². The summed E-state index contributed by atoms with van der Waals surface area (Å²) in [7, 11) is 0. The van der Waals surface area contributed by atoms with Crippen LogP contribution in [0.4, 0.5) is 5.82 Å². The largest absolute Gasteiger partial charge is 0.373 e. The van der Waals surface area contributed by atoms with E-state index in [2.05, 4.69) is 22.5 Å². The molecule has 5 heteroatoms. The second kappa shape index (κ2) is 6.70. The number of aromatic nitrogens is 1. The van der Waals surface area contributed by atoms with Gasteiger partial charge in [0.2, 0.25) is 0 Å². The fourth-order valence-corrected chi connectivity index (χ4v) is 2.27. The number of hydrogen-bond acceptors (Lipinski definition) is 4. The normalized spacial score (nSPS) is 21.7. The molecule has 0 bridgehead atoms. The lowest BCUT2D eigenvalue weighted by Gasteiger charge is -2.23.